The third-order valence-electron chi connectivity index (χ3n) is 7.11. The molecule has 0 radical (unpaired) electrons. The van der Waals surface area contributed by atoms with E-state index >= 15 is 0 Å². The van der Waals surface area contributed by atoms with E-state index in [0.717, 1.165) is 23.4 Å². The predicted octanol–water partition coefficient (Wildman–Crippen LogP) is 6.10. The molecule has 0 aliphatic carbocycles. The van der Waals surface area contributed by atoms with E-state index in [-0.39, 0.29) is 24.1 Å². The fraction of sp³-hybridized carbons (Fsp3) is 0.333. The highest BCUT2D eigenvalue weighted by molar-refractivity contribution is 7.99. The van der Waals surface area contributed by atoms with Crippen LogP contribution in [-0.4, -0.2) is 67.8 Å². The van der Waals surface area contributed by atoms with Crippen LogP contribution in [0.3, 0.4) is 0 Å². The summed E-state index contributed by atoms with van der Waals surface area (Å²) >= 11 is 1.50. The summed E-state index contributed by atoms with van der Waals surface area (Å²) in [6.45, 7) is 4.73. The van der Waals surface area contributed by atoms with Crippen LogP contribution in [0.1, 0.15) is 41.3 Å². The highest BCUT2D eigenvalue weighted by Crippen LogP contribution is 2.31. The minimum Gasteiger partial charge on any atom is -0.461 e. The highest BCUT2D eigenvalue weighted by atomic mass is 32.2. The van der Waals surface area contributed by atoms with E-state index in [1.165, 1.54) is 28.8 Å². The Balaban J connectivity index is 1.16. The molecule has 1 aliphatic heterocycles. The molecule has 4 aromatic rings. The number of benzene rings is 2. The van der Waals surface area contributed by atoms with Crippen LogP contribution in [-0.2, 0) is 11.0 Å². The van der Waals surface area contributed by atoms with Crippen LogP contribution in [0.2, 0.25) is 0 Å². The van der Waals surface area contributed by atoms with E-state index in [9.17, 15) is 22.8 Å². The van der Waals surface area contributed by atoms with Gasteiger partial charge in [0.25, 0.3) is 5.91 Å². The molecule has 2 amide bonds. The number of amides is 2. The quantitative estimate of drug-likeness (QED) is 0.180. The minimum absolute atomic E-state index is 0.0119. The number of aromatic nitrogens is 3. The molecule has 0 saturated carbocycles. The molecule has 42 heavy (non-hydrogen) atoms. The smallest absolute Gasteiger partial charge is 0.416 e. The fourth-order valence-electron chi connectivity index (χ4n) is 4.88. The lowest BCUT2D eigenvalue weighted by atomic mass is 10.1. The van der Waals surface area contributed by atoms with E-state index in [1.807, 2.05) is 41.8 Å². The summed E-state index contributed by atoms with van der Waals surface area (Å²) in [6, 6.07) is 15.8. The monoisotopic (exact) mass is 597 g/mol. The molecule has 1 atom stereocenters. The molecule has 8 nitrogen and oxygen atoms in total. The number of carbonyl (C=O) groups is 2. The van der Waals surface area contributed by atoms with Gasteiger partial charge in [-0.25, -0.2) is 0 Å². The molecule has 3 heterocycles. The summed E-state index contributed by atoms with van der Waals surface area (Å²) in [4.78, 5) is 29.2. The summed E-state index contributed by atoms with van der Waals surface area (Å²) in [5.41, 5.74) is 1.17. The van der Waals surface area contributed by atoms with E-state index in [4.69, 9.17) is 4.42 Å². The molecule has 12 heteroatoms. The van der Waals surface area contributed by atoms with Crippen LogP contribution in [0, 0.1) is 6.92 Å². The van der Waals surface area contributed by atoms with Crippen molar-refractivity contribution in [3.8, 4) is 17.3 Å². The van der Waals surface area contributed by atoms with Gasteiger partial charge in [-0.1, -0.05) is 35.5 Å². The summed E-state index contributed by atoms with van der Waals surface area (Å²) in [5, 5.41) is 9.41. The Kier molecular flexibility index (Phi) is 8.72. The van der Waals surface area contributed by atoms with Gasteiger partial charge >= 0.3 is 6.18 Å². The van der Waals surface area contributed by atoms with Crippen molar-refractivity contribution in [3.63, 3.8) is 0 Å². The number of carbonyl (C=O) groups excluding carboxylic acids is 2. The van der Waals surface area contributed by atoms with Crippen molar-refractivity contribution < 1.29 is 27.2 Å². The number of furan rings is 1. The first-order valence-electron chi connectivity index (χ1n) is 13.6. The zero-order chi connectivity index (χ0) is 29.9. The zero-order valence-corrected chi connectivity index (χ0v) is 24.0. The van der Waals surface area contributed by atoms with Gasteiger partial charge in [-0.2, -0.15) is 13.2 Å². The molecular weight excluding hydrogens is 567 g/mol. The number of rotatable bonds is 8. The third-order valence-corrected chi connectivity index (χ3v) is 8.13. The number of hydrogen-bond donors (Lipinski definition) is 0. The largest absolute Gasteiger partial charge is 0.461 e. The first-order valence-corrected chi connectivity index (χ1v) is 14.6. The maximum Gasteiger partial charge on any atom is 0.416 e. The van der Waals surface area contributed by atoms with E-state index in [2.05, 4.69) is 10.2 Å². The number of piperazine rings is 1. The van der Waals surface area contributed by atoms with Crippen molar-refractivity contribution in [3.05, 3.63) is 83.6 Å². The van der Waals surface area contributed by atoms with E-state index in [0.29, 0.717) is 48.4 Å². The number of nitrogens with zero attached hydrogens (tertiary/aromatic N) is 5. The molecule has 1 fully saturated rings. The standard InChI is InChI=1S/C30H30F3N5O3S/c1-20-10-12-24(13-11-20)38-27(25-8-4-16-41-25)34-35-29(38)42-17-5-9-26(39)36-14-15-37(21(2)19-36)28(40)22-6-3-7-23(18-22)30(31,32)33/h3-4,6-8,10-13,16,18,21H,5,9,14-15,17,19H2,1-2H3. The molecule has 1 unspecified atom stereocenters. The van der Waals surface area contributed by atoms with Crippen LogP contribution < -0.4 is 0 Å². The SMILES string of the molecule is Cc1ccc(-n2c(SCCCC(=O)N3CCN(C(=O)c4cccc(C(F)(F)F)c4)C(C)C3)nnc2-c2ccco2)cc1. The van der Waals surface area contributed by atoms with Crippen LogP contribution in [0.4, 0.5) is 13.2 Å². The first-order chi connectivity index (χ1) is 20.1. The first kappa shape index (κ1) is 29.4. The lowest BCUT2D eigenvalue weighted by Gasteiger charge is -2.40. The van der Waals surface area contributed by atoms with Crippen molar-refractivity contribution in [2.24, 2.45) is 0 Å². The van der Waals surface area contributed by atoms with Gasteiger partial charge in [0.15, 0.2) is 10.9 Å². The average Bonchev–Trinajstić information content (AvgIpc) is 3.65. The molecule has 1 saturated heterocycles. The summed E-state index contributed by atoms with van der Waals surface area (Å²) in [5.74, 6) is 1.34. The number of aryl methyl sites for hydroxylation is 1. The average molecular weight is 598 g/mol. The van der Waals surface area contributed by atoms with Gasteiger partial charge in [0.05, 0.1) is 11.8 Å². The molecule has 220 valence electrons. The summed E-state index contributed by atoms with van der Waals surface area (Å²) < 4.78 is 46.8. The van der Waals surface area contributed by atoms with Crippen molar-refractivity contribution in [1.82, 2.24) is 24.6 Å². The van der Waals surface area contributed by atoms with Crippen LogP contribution in [0.5, 0.6) is 0 Å². The Morgan fingerprint density at radius 3 is 2.52 bits per heavy atom. The van der Waals surface area contributed by atoms with Crippen LogP contribution >= 0.6 is 11.8 Å². The lowest BCUT2D eigenvalue weighted by Crippen LogP contribution is -2.55. The Morgan fingerprint density at radius 1 is 1.05 bits per heavy atom. The second-order valence-corrected chi connectivity index (χ2v) is 11.2. The second-order valence-electron chi connectivity index (χ2n) is 10.2. The van der Waals surface area contributed by atoms with E-state index < -0.39 is 17.6 Å². The van der Waals surface area contributed by atoms with E-state index in [1.54, 1.807) is 24.2 Å². The topological polar surface area (TPSA) is 84.5 Å². The van der Waals surface area contributed by atoms with Gasteiger partial charge in [-0.3, -0.25) is 14.2 Å². The minimum atomic E-state index is -4.52. The number of hydrogen-bond acceptors (Lipinski definition) is 6. The molecule has 1 aliphatic rings. The summed E-state index contributed by atoms with van der Waals surface area (Å²) in [6.07, 6.45) is -2.00. The fourth-order valence-corrected chi connectivity index (χ4v) is 5.77. The van der Waals surface area contributed by atoms with Gasteiger partial charge < -0.3 is 14.2 Å². The van der Waals surface area contributed by atoms with Crippen LogP contribution in [0.25, 0.3) is 17.3 Å². The maximum atomic E-state index is 13.1. The van der Waals surface area contributed by atoms with Gasteiger partial charge in [-0.05, 0) is 62.7 Å². The highest BCUT2D eigenvalue weighted by Gasteiger charge is 2.33. The van der Waals surface area contributed by atoms with Crippen molar-refractivity contribution >= 4 is 23.6 Å². The molecular formula is C30H30F3N5O3S. The van der Waals surface area contributed by atoms with Crippen molar-refractivity contribution in [1.29, 1.82) is 0 Å². The van der Waals surface area contributed by atoms with Gasteiger partial charge in [-0.15, -0.1) is 10.2 Å². The molecule has 2 aromatic carbocycles. The predicted molar refractivity (Wildman–Crippen MR) is 152 cm³/mol. The molecule has 0 N–H and O–H groups in total. The Morgan fingerprint density at radius 2 is 1.83 bits per heavy atom. The Bertz CT molecular complexity index is 1540. The van der Waals surface area contributed by atoms with Crippen molar-refractivity contribution in [2.45, 2.75) is 44.1 Å². The van der Waals surface area contributed by atoms with Gasteiger partial charge in [0.2, 0.25) is 11.7 Å². The molecule has 2 aromatic heterocycles. The Hall–Kier alpha value is -4.06. The number of halogens is 3. The number of thioether (sulfide) groups is 1. The third kappa shape index (κ3) is 6.53. The van der Waals surface area contributed by atoms with Crippen molar-refractivity contribution in [2.75, 3.05) is 25.4 Å². The van der Waals surface area contributed by atoms with Gasteiger partial charge in [0.1, 0.15) is 0 Å². The molecule has 0 bridgehead atoms. The Labute approximate surface area is 245 Å². The zero-order valence-electron chi connectivity index (χ0n) is 23.2. The summed E-state index contributed by atoms with van der Waals surface area (Å²) in [7, 11) is 0. The maximum absolute atomic E-state index is 13.1. The van der Waals surface area contributed by atoms with Crippen LogP contribution in [0.15, 0.2) is 76.5 Å². The lowest BCUT2D eigenvalue weighted by molar-refractivity contribution is -0.137. The molecule has 5 rings (SSSR count). The normalized spacial score (nSPS) is 15.7. The van der Waals surface area contributed by atoms with Gasteiger partial charge in [0, 0.05) is 49.1 Å². The number of alkyl halides is 3. The second kappa shape index (κ2) is 12.4. The molecule has 0 spiro atoms.